The third-order valence-corrected chi connectivity index (χ3v) is 3.91. The lowest BCUT2D eigenvalue weighted by atomic mass is 10.3. The van der Waals surface area contributed by atoms with E-state index in [4.69, 9.17) is 0 Å². The second kappa shape index (κ2) is 9.87. The Kier molecular flexibility index (Phi) is 8.53. The van der Waals surface area contributed by atoms with Crippen molar-refractivity contribution < 1.29 is 13.2 Å². The van der Waals surface area contributed by atoms with Crippen LogP contribution in [0.2, 0.25) is 0 Å². The first-order chi connectivity index (χ1) is 11.0. The Morgan fingerprint density at radius 1 is 1.17 bits per heavy atom. The highest BCUT2D eigenvalue weighted by Gasteiger charge is 2.26. The molecule has 0 aliphatic carbocycles. The quantitative estimate of drug-likeness (QED) is 0.261. The molecular formula is C14H19F3IN5S. The van der Waals surface area contributed by atoms with Crippen LogP contribution in [-0.4, -0.2) is 43.8 Å². The van der Waals surface area contributed by atoms with Gasteiger partial charge >= 0.3 is 6.18 Å². The number of halogens is 4. The summed E-state index contributed by atoms with van der Waals surface area (Å²) in [6, 6.07) is 7.84. The van der Waals surface area contributed by atoms with E-state index >= 15 is 0 Å². The molecule has 0 bridgehead atoms. The lowest BCUT2D eigenvalue weighted by Crippen LogP contribution is -2.40. The molecule has 0 amide bonds. The van der Waals surface area contributed by atoms with Crippen molar-refractivity contribution >= 4 is 56.6 Å². The van der Waals surface area contributed by atoms with Crippen LogP contribution >= 0.6 is 35.3 Å². The van der Waals surface area contributed by atoms with Gasteiger partial charge < -0.3 is 16.0 Å². The summed E-state index contributed by atoms with van der Waals surface area (Å²) in [6.45, 7) is 0.899. The molecule has 1 aromatic heterocycles. The maximum Gasteiger partial charge on any atom is 0.390 e. The Morgan fingerprint density at radius 3 is 2.54 bits per heavy atom. The number of hydrogen-bond acceptors (Lipinski definition) is 4. The standard InChI is InChI=1S/C14H18F3N5S.HI/c1-18-12(19-7-6-14(15,16)17)20-8-9-21-13-22-10-4-2-3-5-11(10)23-13;/h2-5H,6-9H2,1H3,(H,21,22)(H2,18,19,20);1H. The van der Waals surface area contributed by atoms with Crippen LogP contribution < -0.4 is 16.0 Å². The summed E-state index contributed by atoms with van der Waals surface area (Å²) in [5.74, 6) is 0.348. The van der Waals surface area contributed by atoms with Crippen LogP contribution in [0.5, 0.6) is 0 Å². The van der Waals surface area contributed by atoms with Gasteiger partial charge in [-0.1, -0.05) is 23.5 Å². The first-order valence-corrected chi connectivity index (χ1v) is 7.90. The van der Waals surface area contributed by atoms with Crippen molar-refractivity contribution in [2.24, 2.45) is 4.99 Å². The van der Waals surface area contributed by atoms with Crippen LogP contribution in [0, 0.1) is 0 Å². The average Bonchev–Trinajstić information content (AvgIpc) is 2.91. The monoisotopic (exact) mass is 473 g/mol. The molecule has 0 atom stereocenters. The fraction of sp³-hybridized carbons (Fsp3) is 0.429. The maximum atomic E-state index is 12.1. The number of fused-ring (bicyclic) bond motifs is 1. The summed E-state index contributed by atoms with van der Waals surface area (Å²) in [5.41, 5.74) is 0.942. The Hall–Kier alpha value is -1.30. The van der Waals surface area contributed by atoms with E-state index in [0.717, 1.165) is 15.3 Å². The highest BCUT2D eigenvalue weighted by molar-refractivity contribution is 14.0. The summed E-state index contributed by atoms with van der Waals surface area (Å²) in [7, 11) is 1.52. The molecule has 10 heteroatoms. The molecule has 24 heavy (non-hydrogen) atoms. The van der Waals surface area contributed by atoms with E-state index in [9.17, 15) is 13.2 Å². The SMILES string of the molecule is CN=C(NCCNc1nc2ccccc2s1)NCCC(F)(F)F.I. The van der Waals surface area contributed by atoms with Crippen molar-refractivity contribution in [1.29, 1.82) is 0 Å². The normalized spacial score (nSPS) is 11.9. The van der Waals surface area contributed by atoms with Crippen LogP contribution in [0.3, 0.4) is 0 Å². The van der Waals surface area contributed by atoms with Crippen LogP contribution in [-0.2, 0) is 0 Å². The number of aromatic nitrogens is 1. The molecule has 0 aliphatic heterocycles. The van der Waals surface area contributed by atoms with E-state index in [1.54, 1.807) is 11.3 Å². The molecular weight excluding hydrogens is 454 g/mol. The summed E-state index contributed by atoms with van der Waals surface area (Å²) < 4.78 is 37.3. The molecule has 0 saturated heterocycles. The number of nitrogens with one attached hydrogen (secondary N) is 3. The van der Waals surface area contributed by atoms with Gasteiger partial charge in [-0.15, -0.1) is 24.0 Å². The minimum absolute atomic E-state index is 0. The molecule has 1 heterocycles. The summed E-state index contributed by atoms with van der Waals surface area (Å²) in [4.78, 5) is 8.31. The van der Waals surface area contributed by atoms with Crippen LogP contribution in [0.4, 0.5) is 18.3 Å². The smallest absolute Gasteiger partial charge is 0.360 e. The van der Waals surface area contributed by atoms with Crippen molar-refractivity contribution in [3.05, 3.63) is 24.3 Å². The van der Waals surface area contributed by atoms with Gasteiger partial charge in [-0.2, -0.15) is 13.2 Å². The number of thiazole rings is 1. The molecule has 0 radical (unpaired) electrons. The van der Waals surface area contributed by atoms with E-state index < -0.39 is 12.6 Å². The highest BCUT2D eigenvalue weighted by Crippen LogP contribution is 2.24. The second-order valence-corrected chi connectivity index (χ2v) is 5.74. The van der Waals surface area contributed by atoms with Crippen molar-refractivity contribution in [2.45, 2.75) is 12.6 Å². The molecule has 0 unspecified atom stereocenters. The number of aliphatic imine (C=N–C) groups is 1. The molecule has 0 aliphatic rings. The maximum absolute atomic E-state index is 12.1. The first kappa shape index (κ1) is 20.7. The molecule has 0 saturated carbocycles. The van der Waals surface area contributed by atoms with E-state index in [2.05, 4.69) is 25.9 Å². The molecule has 1 aromatic carbocycles. The number of para-hydroxylation sites is 1. The topological polar surface area (TPSA) is 61.3 Å². The van der Waals surface area contributed by atoms with Gasteiger partial charge in [0.2, 0.25) is 0 Å². The van der Waals surface area contributed by atoms with Crippen LogP contribution in [0.15, 0.2) is 29.3 Å². The molecule has 2 rings (SSSR count). The average molecular weight is 473 g/mol. The zero-order valence-corrected chi connectivity index (χ0v) is 16.1. The van der Waals surface area contributed by atoms with Gasteiger partial charge in [-0.3, -0.25) is 4.99 Å². The number of benzene rings is 1. The van der Waals surface area contributed by atoms with E-state index in [-0.39, 0.29) is 30.5 Å². The lowest BCUT2D eigenvalue weighted by Gasteiger charge is -2.13. The molecule has 0 fully saturated rings. The molecule has 0 spiro atoms. The predicted octanol–water partition coefficient (Wildman–Crippen LogP) is 3.44. The largest absolute Gasteiger partial charge is 0.390 e. The van der Waals surface area contributed by atoms with Gasteiger partial charge in [0.05, 0.1) is 16.6 Å². The zero-order valence-electron chi connectivity index (χ0n) is 13.0. The third-order valence-electron chi connectivity index (χ3n) is 2.91. The van der Waals surface area contributed by atoms with E-state index in [0.29, 0.717) is 19.0 Å². The fourth-order valence-electron chi connectivity index (χ4n) is 1.84. The Balaban J connectivity index is 0.00000288. The van der Waals surface area contributed by atoms with E-state index in [1.165, 1.54) is 7.05 Å². The number of nitrogens with zero attached hydrogens (tertiary/aromatic N) is 2. The molecule has 134 valence electrons. The third kappa shape index (κ3) is 7.07. The fourth-order valence-corrected chi connectivity index (χ4v) is 2.73. The second-order valence-electron chi connectivity index (χ2n) is 4.70. The predicted molar refractivity (Wildman–Crippen MR) is 104 cm³/mol. The summed E-state index contributed by atoms with van der Waals surface area (Å²) in [5, 5.41) is 9.56. The molecule has 5 nitrogen and oxygen atoms in total. The summed E-state index contributed by atoms with van der Waals surface area (Å²) in [6.07, 6.45) is -5.06. The minimum Gasteiger partial charge on any atom is -0.360 e. The number of alkyl halides is 3. The van der Waals surface area contributed by atoms with Crippen molar-refractivity contribution in [2.75, 3.05) is 32.0 Å². The lowest BCUT2D eigenvalue weighted by molar-refractivity contribution is -0.132. The van der Waals surface area contributed by atoms with Gasteiger partial charge in [0.15, 0.2) is 11.1 Å². The Labute approximate surface area is 159 Å². The summed E-state index contributed by atoms with van der Waals surface area (Å²) >= 11 is 1.56. The van der Waals surface area contributed by atoms with Gasteiger partial charge in [0.25, 0.3) is 0 Å². The van der Waals surface area contributed by atoms with Crippen LogP contribution in [0.25, 0.3) is 10.2 Å². The Bertz CT molecular complexity index is 626. The number of hydrogen-bond donors (Lipinski definition) is 3. The van der Waals surface area contributed by atoms with Crippen molar-refractivity contribution in [3.8, 4) is 0 Å². The molecule has 2 aromatic rings. The first-order valence-electron chi connectivity index (χ1n) is 7.08. The van der Waals surface area contributed by atoms with Gasteiger partial charge in [0.1, 0.15) is 0 Å². The van der Waals surface area contributed by atoms with Gasteiger partial charge in [-0.05, 0) is 12.1 Å². The van der Waals surface area contributed by atoms with Crippen molar-refractivity contribution in [1.82, 2.24) is 15.6 Å². The number of guanidine groups is 1. The van der Waals surface area contributed by atoms with Crippen molar-refractivity contribution in [3.63, 3.8) is 0 Å². The number of rotatable bonds is 6. The zero-order chi connectivity index (χ0) is 16.7. The van der Waals surface area contributed by atoms with Gasteiger partial charge in [0, 0.05) is 26.7 Å². The van der Waals surface area contributed by atoms with E-state index in [1.807, 2.05) is 24.3 Å². The Morgan fingerprint density at radius 2 is 1.88 bits per heavy atom. The number of anilines is 1. The minimum atomic E-state index is -4.17. The van der Waals surface area contributed by atoms with Gasteiger partial charge in [-0.25, -0.2) is 4.98 Å². The van der Waals surface area contributed by atoms with Crippen LogP contribution in [0.1, 0.15) is 6.42 Å². The molecule has 3 N–H and O–H groups in total. The highest BCUT2D eigenvalue weighted by atomic mass is 127.